The van der Waals surface area contributed by atoms with Crippen LogP contribution in [0.1, 0.15) is 12.5 Å². The minimum atomic E-state index is -0.286. The summed E-state index contributed by atoms with van der Waals surface area (Å²) in [5, 5.41) is 0. The number of anilines is 1. The van der Waals surface area contributed by atoms with Gasteiger partial charge in [-0.25, -0.2) is 4.39 Å². The zero-order chi connectivity index (χ0) is 13.7. The molecule has 0 aliphatic rings. The van der Waals surface area contributed by atoms with E-state index in [1.807, 2.05) is 37.3 Å². The molecule has 0 saturated heterocycles. The Hall–Kier alpha value is -2.16. The van der Waals surface area contributed by atoms with Crippen molar-refractivity contribution in [1.29, 1.82) is 0 Å². The van der Waals surface area contributed by atoms with Crippen LogP contribution < -0.4 is 4.90 Å². The Morgan fingerprint density at radius 3 is 2.26 bits per heavy atom. The normalized spacial score (nSPS) is 10.2. The Kier molecular flexibility index (Phi) is 4.29. The Morgan fingerprint density at radius 1 is 1.05 bits per heavy atom. The number of rotatable bonds is 4. The lowest BCUT2D eigenvalue weighted by molar-refractivity contribution is -0.117. The first kappa shape index (κ1) is 13.3. The fourth-order valence-corrected chi connectivity index (χ4v) is 1.98. The topological polar surface area (TPSA) is 20.3 Å². The summed E-state index contributed by atoms with van der Waals surface area (Å²) in [7, 11) is 0. The van der Waals surface area contributed by atoms with E-state index < -0.39 is 0 Å². The third-order valence-electron chi connectivity index (χ3n) is 2.95. The SMILES string of the molecule is CCN(C(=O)Cc1ccc(F)cc1)c1ccccc1. The van der Waals surface area contributed by atoms with Gasteiger partial charge < -0.3 is 4.90 Å². The smallest absolute Gasteiger partial charge is 0.231 e. The summed E-state index contributed by atoms with van der Waals surface area (Å²) in [5.41, 5.74) is 1.71. The zero-order valence-electron chi connectivity index (χ0n) is 10.8. The van der Waals surface area contributed by atoms with Gasteiger partial charge in [-0.05, 0) is 36.8 Å². The highest BCUT2D eigenvalue weighted by Gasteiger charge is 2.13. The summed E-state index contributed by atoms with van der Waals surface area (Å²) < 4.78 is 12.8. The van der Waals surface area contributed by atoms with E-state index >= 15 is 0 Å². The average Bonchev–Trinajstić information content (AvgIpc) is 2.43. The molecule has 1 amide bonds. The van der Waals surface area contributed by atoms with Gasteiger partial charge >= 0.3 is 0 Å². The van der Waals surface area contributed by atoms with Crippen LogP contribution in [0.25, 0.3) is 0 Å². The van der Waals surface area contributed by atoms with Gasteiger partial charge in [-0.3, -0.25) is 4.79 Å². The van der Waals surface area contributed by atoms with Crippen molar-refractivity contribution in [2.75, 3.05) is 11.4 Å². The number of nitrogens with zero attached hydrogens (tertiary/aromatic N) is 1. The van der Waals surface area contributed by atoms with Crippen molar-refractivity contribution in [3.8, 4) is 0 Å². The minimum absolute atomic E-state index is 0.0142. The van der Waals surface area contributed by atoms with Crippen LogP contribution in [-0.2, 0) is 11.2 Å². The lowest BCUT2D eigenvalue weighted by Crippen LogP contribution is -2.31. The second kappa shape index (κ2) is 6.14. The van der Waals surface area contributed by atoms with E-state index in [1.54, 1.807) is 17.0 Å². The number of benzene rings is 2. The fourth-order valence-electron chi connectivity index (χ4n) is 1.98. The van der Waals surface area contributed by atoms with Gasteiger partial charge in [-0.15, -0.1) is 0 Å². The van der Waals surface area contributed by atoms with Crippen molar-refractivity contribution in [3.05, 3.63) is 66.0 Å². The molecule has 2 aromatic rings. The third-order valence-corrected chi connectivity index (χ3v) is 2.95. The van der Waals surface area contributed by atoms with Gasteiger partial charge in [0.2, 0.25) is 5.91 Å². The third kappa shape index (κ3) is 3.41. The van der Waals surface area contributed by atoms with Crippen LogP contribution >= 0.6 is 0 Å². The van der Waals surface area contributed by atoms with Gasteiger partial charge in [0.25, 0.3) is 0 Å². The molecule has 2 aromatic carbocycles. The highest BCUT2D eigenvalue weighted by atomic mass is 19.1. The van der Waals surface area contributed by atoms with Crippen LogP contribution in [0.3, 0.4) is 0 Å². The number of para-hydroxylation sites is 1. The Balaban J connectivity index is 2.11. The first-order valence-corrected chi connectivity index (χ1v) is 6.30. The monoisotopic (exact) mass is 257 g/mol. The Labute approximate surface area is 112 Å². The molecule has 0 aliphatic heterocycles. The predicted octanol–water partition coefficient (Wildman–Crippen LogP) is 3.42. The summed E-state index contributed by atoms with van der Waals surface area (Å²) in [5.74, 6) is -0.271. The van der Waals surface area contributed by atoms with Gasteiger partial charge in [0.1, 0.15) is 5.82 Å². The molecule has 0 saturated carbocycles. The van der Waals surface area contributed by atoms with Gasteiger partial charge in [0.05, 0.1) is 6.42 Å². The minimum Gasteiger partial charge on any atom is -0.312 e. The molecule has 0 N–H and O–H groups in total. The van der Waals surface area contributed by atoms with Crippen molar-refractivity contribution in [3.63, 3.8) is 0 Å². The first-order chi connectivity index (χ1) is 9.20. The highest BCUT2D eigenvalue weighted by Crippen LogP contribution is 2.15. The van der Waals surface area contributed by atoms with Gasteiger partial charge in [0.15, 0.2) is 0 Å². The second-order valence-corrected chi connectivity index (χ2v) is 4.28. The summed E-state index contributed by atoms with van der Waals surface area (Å²) >= 11 is 0. The van der Waals surface area contributed by atoms with Crippen LogP contribution in [0.2, 0.25) is 0 Å². The number of halogens is 1. The summed E-state index contributed by atoms with van der Waals surface area (Å²) in [4.78, 5) is 14.0. The zero-order valence-corrected chi connectivity index (χ0v) is 10.8. The van der Waals surface area contributed by atoms with E-state index in [0.717, 1.165) is 11.3 Å². The van der Waals surface area contributed by atoms with Crippen molar-refractivity contribution in [1.82, 2.24) is 0 Å². The molecule has 2 rings (SSSR count). The second-order valence-electron chi connectivity index (χ2n) is 4.28. The Bertz CT molecular complexity index is 536. The van der Waals surface area contributed by atoms with Crippen molar-refractivity contribution >= 4 is 11.6 Å². The van der Waals surface area contributed by atoms with Gasteiger partial charge in [0, 0.05) is 12.2 Å². The molecule has 0 spiro atoms. The van der Waals surface area contributed by atoms with E-state index in [4.69, 9.17) is 0 Å². The van der Waals surface area contributed by atoms with E-state index in [2.05, 4.69) is 0 Å². The lowest BCUT2D eigenvalue weighted by atomic mass is 10.1. The number of amides is 1. The summed E-state index contributed by atoms with van der Waals surface area (Å²) in [6.45, 7) is 2.56. The molecule has 98 valence electrons. The number of likely N-dealkylation sites (N-methyl/N-ethyl adjacent to an activating group) is 1. The number of hydrogen-bond donors (Lipinski definition) is 0. The van der Waals surface area contributed by atoms with Crippen molar-refractivity contribution < 1.29 is 9.18 Å². The van der Waals surface area contributed by atoms with E-state index in [-0.39, 0.29) is 18.1 Å². The highest BCUT2D eigenvalue weighted by molar-refractivity contribution is 5.94. The van der Waals surface area contributed by atoms with Crippen molar-refractivity contribution in [2.24, 2.45) is 0 Å². The molecular weight excluding hydrogens is 241 g/mol. The van der Waals surface area contributed by atoms with Gasteiger partial charge in [-0.2, -0.15) is 0 Å². The van der Waals surface area contributed by atoms with Crippen LogP contribution in [0.15, 0.2) is 54.6 Å². The number of hydrogen-bond acceptors (Lipinski definition) is 1. The molecule has 0 aromatic heterocycles. The fraction of sp³-hybridized carbons (Fsp3) is 0.188. The van der Waals surface area contributed by atoms with Crippen LogP contribution in [0.4, 0.5) is 10.1 Å². The maximum atomic E-state index is 12.8. The molecule has 3 heteroatoms. The molecule has 0 aliphatic carbocycles. The standard InChI is InChI=1S/C16H16FNO/c1-2-18(15-6-4-3-5-7-15)16(19)12-13-8-10-14(17)11-9-13/h3-11H,2,12H2,1H3. The van der Waals surface area contributed by atoms with E-state index in [1.165, 1.54) is 12.1 Å². The molecule has 0 fully saturated rings. The maximum Gasteiger partial charge on any atom is 0.231 e. The van der Waals surface area contributed by atoms with Crippen LogP contribution in [-0.4, -0.2) is 12.5 Å². The summed E-state index contributed by atoms with van der Waals surface area (Å²) in [6, 6.07) is 15.6. The quantitative estimate of drug-likeness (QED) is 0.821. The molecule has 2 nitrogen and oxygen atoms in total. The first-order valence-electron chi connectivity index (χ1n) is 6.30. The van der Waals surface area contributed by atoms with E-state index in [0.29, 0.717) is 6.54 Å². The molecule has 0 heterocycles. The average molecular weight is 257 g/mol. The molecule has 0 bridgehead atoms. The molecule has 0 atom stereocenters. The molecule has 0 unspecified atom stereocenters. The number of carbonyl (C=O) groups excluding carboxylic acids is 1. The van der Waals surface area contributed by atoms with Crippen molar-refractivity contribution in [2.45, 2.75) is 13.3 Å². The summed E-state index contributed by atoms with van der Waals surface area (Å²) in [6.07, 6.45) is 0.281. The predicted molar refractivity (Wildman–Crippen MR) is 74.6 cm³/mol. The van der Waals surface area contributed by atoms with Crippen LogP contribution in [0, 0.1) is 5.82 Å². The van der Waals surface area contributed by atoms with E-state index in [9.17, 15) is 9.18 Å². The lowest BCUT2D eigenvalue weighted by Gasteiger charge is -2.21. The molecule has 19 heavy (non-hydrogen) atoms. The Morgan fingerprint density at radius 2 is 1.68 bits per heavy atom. The van der Waals surface area contributed by atoms with Gasteiger partial charge in [-0.1, -0.05) is 30.3 Å². The maximum absolute atomic E-state index is 12.8. The number of carbonyl (C=O) groups is 1. The largest absolute Gasteiger partial charge is 0.312 e. The molecular formula is C16H16FNO. The van der Waals surface area contributed by atoms with Crippen LogP contribution in [0.5, 0.6) is 0 Å². The molecule has 0 radical (unpaired) electrons.